The van der Waals surface area contributed by atoms with Crippen LogP contribution < -0.4 is 0 Å². The van der Waals surface area contributed by atoms with E-state index in [0.29, 0.717) is 5.02 Å². The molecule has 68 valence electrons. The predicted molar refractivity (Wildman–Crippen MR) is 48.2 cm³/mol. The first kappa shape index (κ1) is 8.51. The highest BCUT2D eigenvalue weighted by Gasteiger charge is 2.20. The summed E-state index contributed by atoms with van der Waals surface area (Å²) in [5.74, 6) is -1.06. The number of rotatable bonds is 1. The third-order valence-corrected chi connectivity index (χ3v) is 2.69. The van der Waals surface area contributed by atoms with Gasteiger partial charge in [-0.3, -0.25) is 0 Å². The maximum Gasteiger partial charge on any atom is 0.356 e. The second-order valence-corrected chi connectivity index (χ2v) is 3.46. The van der Waals surface area contributed by atoms with Gasteiger partial charge in [-0.1, -0.05) is 11.6 Å². The molecule has 0 saturated carbocycles. The Morgan fingerprint density at radius 3 is 3.00 bits per heavy atom. The van der Waals surface area contributed by atoms with Gasteiger partial charge in [0.1, 0.15) is 0 Å². The summed E-state index contributed by atoms with van der Waals surface area (Å²) in [7, 11) is 0. The van der Waals surface area contributed by atoms with E-state index in [1.54, 1.807) is 6.20 Å². The molecule has 0 spiro atoms. The molecule has 4 heteroatoms. The molecule has 1 aromatic heterocycles. The number of nitrogens with zero attached hydrogens (tertiary/aromatic N) is 1. The largest absolute Gasteiger partial charge is 0.476 e. The van der Waals surface area contributed by atoms with Crippen LogP contribution in [0, 0.1) is 0 Å². The van der Waals surface area contributed by atoms with E-state index in [-0.39, 0.29) is 5.69 Å². The fourth-order valence-corrected chi connectivity index (χ4v) is 2.00. The fourth-order valence-electron chi connectivity index (χ4n) is 1.65. The van der Waals surface area contributed by atoms with Crippen molar-refractivity contribution in [2.45, 2.75) is 19.3 Å². The molecule has 0 bridgehead atoms. The summed E-state index contributed by atoms with van der Waals surface area (Å²) in [6, 6.07) is 0. The molecule has 0 aliphatic heterocycles. The number of aromatic nitrogens is 1. The normalized spacial score (nSPS) is 14.2. The summed E-state index contributed by atoms with van der Waals surface area (Å²) in [4.78, 5) is 14.5. The van der Waals surface area contributed by atoms with Crippen molar-refractivity contribution in [1.29, 1.82) is 0 Å². The number of aromatic carboxylic acids is 1. The van der Waals surface area contributed by atoms with Crippen molar-refractivity contribution in [2.24, 2.45) is 0 Å². The summed E-state index contributed by atoms with van der Waals surface area (Å²) in [5, 5.41) is 9.07. The molecule has 1 aromatic rings. The van der Waals surface area contributed by atoms with E-state index in [1.807, 2.05) is 0 Å². The first-order valence-electron chi connectivity index (χ1n) is 4.09. The minimum Gasteiger partial charge on any atom is -0.476 e. The fraction of sp³-hybridized carbons (Fsp3) is 0.333. The van der Waals surface area contributed by atoms with Gasteiger partial charge < -0.3 is 5.11 Å². The van der Waals surface area contributed by atoms with Crippen LogP contribution >= 0.6 is 11.6 Å². The van der Waals surface area contributed by atoms with Crippen molar-refractivity contribution in [3.05, 3.63) is 28.0 Å². The summed E-state index contributed by atoms with van der Waals surface area (Å²) in [5.41, 5.74) is 2.03. The lowest BCUT2D eigenvalue weighted by atomic mass is 10.1. The van der Waals surface area contributed by atoms with E-state index < -0.39 is 5.97 Å². The van der Waals surface area contributed by atoms with E-state index in [0.717, 1.165) is 30.4 Å². The predicted octanol–water partition coefficient (Wildman–Crippen LogP) is 1.92. The Morgan fingerprint density at radius 2 is 2.31 bits per heavy atom. The Kier molecular flexibility index (Phi) is 1.96. The maximum atomic E-state index is 10.7. The summed E-state index contributed by atoms with van der Waals surface area (Å²) in [6.45, 7) is 0. The van der Waals surface area contributed by atoms with Gasteiger partial charge >= 0.3 is 5.97 Å². The Labute approximate surface area is 80.4 Å². The van der Waals surface area contributed by atoms with Gasteiger partial charge in [0.15, 0.2) is 5.69 Å². The number of hydrogen-bond donors (Lipinski definition) is 1. The van der Waals surface area contributed by atoms with Gasteiger partial charge in [-0.25, -0.2) is 9.78 Å². The number of aryl methyl sites for hydroxylation is 1. The Balaban J connectivity index is 2.59. The molecule has 2 rings (SSSR count). The highest BCUT2D eigenvalue weighted by atomic mass is 35.5. The van der Waals surface area contributed by atoms with Gasteiger partial charge in [-0.05, 0) is 30.4 Å². The van der Waals surface area contributed by atoms with Crippen molar-refractivity contribution in [2.75, 3.05) is 0 Å². The number of carboxylic acid groups (broad SMARTS) is 1. The van der Waals surface area contributed by atoms with Crippen molar-refractivity contribution >= 4 is 17.6 Å². The van der Waals surface area contributed by atoms with Crippen molar-refractivity contribution in [1.82, 2.24) is 4.98 Å². The molecular formula is C9H8ClNO2. The number of carbonyl (C=O) groups is 1. The highest BCUT2D eigenvalue weighted by molar-refractivity contribution is 6.34. The van der Waals surface area contributed by atoms with Crippen molar-refractivity contribution < 1.29 is 9.90 Å². The van der Waals surface area contributed by atoms with Crippen LogP contribution in [0.1, 0.15) is 28.0 Å². The van der Waals surface area contributed by atoms with Crippen molar-refractivity contribution in [3.63, 3.8) is 0 Å². The van der Waals surface area contributed by atoms with E-state index in [9.17, 15) is 4.79 Å². The third kappa shape index (κ3) is 1.29. The van der Waals surface area contributed by atoms with Gasteiger partial charge in [0, 0.05) is 6.20 Å². The monoisotopic (exact) mass is 197 g/mol. The highest BCUT2D eigenvalue weighted by Crippen LogP contribution is 2.29. The Hall–Kier alpha value is -1.09. The van der Waals surface area contributed by atoms with Gasteiger partial charge in [-0.15, -0.1) is 0 Å². The third-order valence-electron chi connectivity index (χ3n) is 2.29. The minimum atomic E-state index is -1.06. The van der Waals surface area contributed by atoms with Crippen LogP contribution in [0.25, 0.3) is 0 Å². The second kappa shape index (κ2) is 3.00. The molecule has 1 heterocycles. The average molecular weight is 198 g/mol. The first-order chi connectivity index (χ1) is 6.20. The molecule has 0 amide bonds. The SMILES string of the molecule is O=C(O)c1ncc2c(c1Cl)CCC2. The molecule has 0 aromatic carbocycles. The standard InChI is InChI=1S/C9H8ClNO2/c10-7-6-3-1-2-5(6)4-11-8(7)9(12)13/h4H,1-3H2,(H,12,13). The van der Waals surface area contributed by atoms with Crippen LogP contribution in [0.4, 0.5) is 0 Å². The number of fused-ring (bicyclic) bond motifs is 1. The zero-order valence-corrected chi connectivity index (χ0v) is 7.64. The minimum absolute atomic E-state index is 0.0256. The molecule has 13 heavy (non-hydrogen) atoms. The first-order valence-corrected chi connectivity index (χ1v) is 4.47. The molecule has 1 aliphatic rings. The summed E-state index contributed by atoms with van der Waals surface area (Å²) < 4.78 is 0. The summed E-state index contributed by atoms with van der Waals surface area (Å²) >= 11 is 5.91. The number of pyridine rings is 1. The topological polar surface area (TPSA) is 50.2 Å². The van der Waals surface area contributed by atoms with Gasteiger partial charge in [0.25, 0.3) is 0 Å². The molecule has 0 radical (unpaired) electrons. The second-order valence-electron chi connectivity index (χ2n) is 3.08. The van der Waals surface area contributed by atoms with Gasteiger partial charge in [0.05, 0.1) is 5.02 Å². The zero-order valence-electron chi connectivity index (χ0n) is 6.88. The van der Waals surface area contributed by atoms with Crippen LogP contribution in [0.3, 0.4) is 0 Å². The van der Waals surface area contributed by atoms with E-state index in [1.165, 1.54) is 0 Å². The van der Waals surface area contributed by atoms with Crippen LogP contribution in [-0.2, 0) is 12.8 Å². The van der Waals surface area contributed by atoms with Gasteiger partial charge in [-0.2, -0.15) is 0 Å². The van der Waals surface area contributed by atoms with E-state index in [4.69, 9.17) is 16.7 Å². The molecule has 0 saturated heterocycles. The number of halogens is 1. The van der Waals surface area contributed by atoms with Crippen molar-refractivity contribution in [3.8, 4) is 0 Å². The van der Waals surface area contributed by atoms with E-state index in [2.05, 4.69) is 4.98 Å². The Morgan fingerprint density at radius 1 is 1.54 bits per heavy atom. The summed E-state index contributed by atoms with van der Waals surface area (Å²) in [6.07, 6.45) is 4.50. The average Bonchev–Trinajstić information content (AvgIpc) is 2.52. The molecule has 1 aliphatic carbocycles. The van der Waals surface area contributed by atoms with Crippen LogP contribution in [0.5, 0.6) is 0 Å². The molecule has 3 nitrogen and oxygen atoms in total. The van der Waals surface area contributed by atoms with Gasteiger partial charge in [0.2, 0.25) is 0 Å². The lowest BCUT2D eigenvalue weighted by molar-refractivity contribution is 0.0690. The lowest BCUT2D eigenvalue weighted by Gasteiger charge is -2.03. The smallest absolute Gasteiger partial charge is 0.356 e. The molecule has 0 fully saturated rings. The quantitative estimate of drug-likeness (QED) is 0.749. The molecular weight excluding hydrogens is 190 g/mol. The van der Waals surface area contributed by atoms with Crippen LogP contribution in [-0.4, -0.2) is 16.1 Å². The molecule has 1 N–H and O–H groups in total. The number of hydrogen-bond acceptors (Lipinski definition) is 2. The Bertz CT molecular complexity index is 376. The molecule has 0 atom stereocenters. The molecule has 0 unspecified atom stereocenters. The maximum absolute atomic E-state index is 10.7. The van der Waals surface area contributed by atoms with Crippen LogP contribution in [0.2, 0.25) is 5.02 Å². The van der Waals surface area contributed by atoms with E-state index >= 15 is 0 Å². The lowest BCUT2D eigenvalue weighted by Crippen LogP contribution is -2.03. The van der Waals surface area contributed by atoms with Crippen LogP contribution in [0.15, 0.2) is 6.20 Å². The zero-order chi connectivity index (χ0) is 9.42. The number of carboxylic acids is 1.